The number of carbonyl (C=O) groups is 2. The van der Waals surface area contributed by atoms with E-state index in [9.17, 15) is 9.59 Å². The molecule has 0 unspecified atom stereocenters. The fraction of sp³-hybridized carbons (Fsp3) is 0.143. The van der Waals surface area contributed by atoms with Crippen molar-refractivity contribution in [3.63, 3.8) is 0 Å². The highest BCUT2D eigenvalue weighted by Crippen LogP contribution is 2.20. The van der Waals surface area contributed by atoms with Gasteiger partial charge in [0.25, 0.3) is 5.91 Å². The van der Waals surface area contributed by atoms with Crippen molar-refractivity contribution < 1.29 is 14.0 Å². The topological polar surface area (TPSA) is 105 Å². The highest BCUT2D eigenvalue weighted by molar-refractivity contribution is 7.71. The van der Waals surface area contributed by atoms with Crippen LogP contribution >= 0.6 is 12.2 Å². The molecule has 0 saturated heterocycles. The lowest BCUT2D eigenvalue weighted by atomic mass is 10.1. The number of hydrogen-bond acceptors (Lipinski definition) is 5. The first-order valence-corrected chi connectivity index (χ1v) is 9.66. The van der Waals surface area contributed by atoms with E-state index in [2.05, 4.69) is 20.8 Å². The summed E-state index contributed by atoms with van der Waals surface area (Å²) >= 11 is 5.05. The van der Waals surface area contributed by atoms with Crippen molar-refractivity contribution in [3.8, 4) is 0 Å². The van der Waals surface area contributed by atoms with E-state index >= 15 is 0 Å². The van der Waals surface area contributed by atoms with Crippen LogP contribution in [0.4, 0.5) is 5.69 Å². The average Bonchev–Trinajstić information content (AvgIpc) is 3.32. The first kappa shape index (κ1) is 19.6. The van der Waals surface area contributed by atoms with Gasteiger partial charge in [0, 0.05) is 18.1 Å². The van der Waals surface area contributed by atoms with Crippen LogP contribution in [-0.4, -0.2) is 26.6 Å². The summed E-state index contributed by atoms with van der Waals surface area (Å²) in [4.78, 5) is 24.6. The van der Waals surface area contributed by atoms with Crippen LogP contribution in [0.3, 0.4) is 0 Å². The Bertz CT molecular complexity index is 1240. The van der Waals surface area contributed by atoms with Gasteiger partial charge in [0.2, 0.25) is 5.91 Å². The van der Waals surface area contributed by atoms with E-state index in [1.54, 1.807) is 41.9 Å². The molecule has 0 aliphatic rings. The monoisotopic (exact) mass is 421 g/mol. The van der Waals surface area contributed by atoms with Gasteiger partial charge in [-0.3, -0.25) is 14.7 Å². The van der Waals surface area contributed by atoms with E-state index < -0.39 is 0 Å². The zero-order chi connectivity index (χ0) is 21.1. The first-order chi connectivity index (χ1) is 14.5. The number of rotatable bonds is 6. The molecule has 30 heavy (non-hydrogen) atoms. The van der Waals surface area contributed by atoms with E-state index in [4.69, 9.17) is 16.6 Å². The molecule has 0 radical (unpaired) electrons. The van der Waals surface area contributed by atoms with Crippen molar-refractivity contribution in [3.05, 3.63) is 76.5 Å². The van der Waals surface area contributed by atoms with E-state index in [0.29, 0.717) is 21.9 Å². The van der Waals surface area contributed by atoms with Crippen molar-refractivity contribution in [1.29, 1.82) is 0 Å². The number of carbonyl (C=O) groups excluding carboxylic acids is 2. The third-order valence-corrected chi connectivity index (χ3v) is 5.01. The summed E-state index contributed by atoms with van der Waals surface area (Å²) in [7, 11) is 1.78. The minimum absolute atomic E-state index is 0.136. The highest BCUT2D eigenvalue weighted by atomic mass is 32.1. The number of anilines is 1. The number of hydrogen-bond donors (Lipinski definition) is 3. The molecule has 3 N–H and O–H groups in total. The van der Waals surface area contributed by atoms with Gasteiger partial charge in [-0.05, 0) is 42.0 Å². The molecule has 0 bridgehead atoms. The Morgan fingerprint density at radius 1 is 1.17 bits per heavy atom. The number of fused-ring (bicyclic) bond motifs is 1. The molecule has 9 heteroatoms. The van der Waals surface area contributed by atoms with Crippen molar-refractivity contribution in [2.24, 2.45) is 7.05 Å². The number of furan rings is 1. The van der Waals surface area contributed by atoms with Crippen LogP contribution < -0.4 is 10.6 Å². The van der Waals surface area contributed by atoms with Crippen LogP contribution in [0.2, 0.25) is 0 Å². The SMILES string of the molecule is Cn1c(CNC(=O)Cc2ccc(NC(=O)c3cc4ccccc4o3)cc2)n[nH]c1=S. The zero-order valence-electron chi connectivity index (χ0n) is 16.1. The van der Waals surface area contributed by atoms with Gasteiger partial charge in [-0.1, -0.05) is 30.3 Å². The maximum Gasteiger partial charge on any atom is 0.291 e. The molecular weight excluding hydrogens is 402 g/mol. The van der Waals surface area contributed by atoms with E-state index in [1.807, 2.05) is 24.3 Å². The molecule has 0 aliphatic heterocycles. The van der Waals surface area contributed by atoms with Crippen LogP contribution in [0, 0.1) is 4.77 Å². The quantitative estimate of drug-likeness (QED) is 0.414. The van der Waals surface area contributed by atoms with Gasteiger partial charge in [-0.25, -0.2) is 0 Å². The maximum absolute atomic E-state index is 12.4. The molecule has 8 nitrogen and oxygen atoms in total. The fourth-order valence-electron chi connectivity index (χ4n) is 2.96. The summed E-state index contributed by atoms with van der Waals surface area (Å²) < 4.78 is 7.77. The molecule has 2 amide bonds. The summed E-state index contributed by atoms with van der Waals surface area (Å²) in [6, 6.07) is 16.2. The Hall–Kier alpha value is -3.72. The number of H-pyrrole nitrogens is 1. The van der Waals surface area contributed by atoms with Gasteiger partial charge in [0.05, 0.1) is 13.0 Å². The lowest BCUT2D eigenvalue weighted by molar-refractivity contribution is -0.120. The van der Waals surface area contributed by atoms with E-state index in [1.165, 1.54) is 0 Å². The van der Waals surface area contributed by atoms with Gasteiger partial charge in [-0.15, -0.1) is 0 Å². The Balaban J connectivity index is 1.33. The summed E-state index contributed by atoms with van der Waals surface area (Å²) in [5.74, 6) is 0.429. The van der Waals surface area contributed by atoms with E-state index in [-0.39, 0.29) is 30.5 Å². The Kier molecular flexibility index (Phi) is 5.44. The predicted octanol–water partition coefficient (Wildman–Crippen LogP) is 3.34. The van der Waals surface area contributed by atoms with Gasteiger partial charge in [-0.2, -0.15) is 5.10 Å². The average molecular weight is 421 g/mol. The molecule has 0 atom stereocenters. The molecule has 4 aromatic rings. The fourth-order valence-corrected chi connectivity index (χ4v) is 3.11. The molecule has 152 valence electrons. The van der Waals surface area contributed by atoms with Crippen LogP contribution in [0.1, 0.15) is 21.9 Å². The number of aromatic nitrogens is 3. The molecule has 2 aromatic heterocycles. The van der Waals surface area contributed by atoms with Crippen molar-refractivity contribution >= 4 is 40.7 Å². The van der Waals surface area contributed by atoms with Crippen molar-refractivity contribution in [1.82, 2.24) is 20.1 Å². The third kappa shape index (κ3) is 4.31. The van der Waals surface area contributed by atoms with Gasteiger partial charge in [0.1, 0.15) is 5.58 Å². The normalized spacial score (nSPS) is 10.8. The largest absolute Gasteiger partial charge is 0.451 e. The molecular formula is C21H19N5O3S. The van der Waals surface area contributed by atoms with Gasteiger partial charge in [0.15, 0.2) is 16.4 Å². The van der Waals surface area contributed by atoms with Crippen LogP contribution in [0.15, 0.2) is 59.0 Å². The van der Waals surface area contributed by atoms with Crippen molar-refractivity contribution in [2.45, 2.75) is 13.0 Å². The lowest BCUT2D eigenvalue weighted by Crippen LogP contribution is -2.26. The maximum atomic E-state index is 12.4. The molecule has 0 fully saturated rings. The van der Waals surface area contributed by atoms with Gasteiger partial charge >= 0.3 is 0 Å². The number of nitrogens with one attached hydrogen (secondary N) is 3. The van der Waals surface area contributed by atoms with E-state index in [0.717, 1.165) is 10.9 Å². The summed E-state index contributed by atoms with van der Waals surface area (Å²) in [5.41, 5.74) is 2.10. The second-order valence-corrected chi connectivity index (χ2v) is 7.14. The molecule has 0 spiro atoms. The number of benzene rings is 2. The number of amides is 2. The summed E-state index contributed by atoms with van der Waals surface area (Å²) in [6.45, 7) is 0.286. The standard InChI is InChI=1S/C21H19N5O3S/c1-26-18(24-25-21(26)30)12-22-19(27)10-13-6-8-15(9-7-13)23-20(28)17-11-14-4-2-3-5-16(14)29-17/h2-9,11H,10,12H2,1H3,(H,22,27)(H,23,28)(H,25,30). The molecule has 4 rings (SSSR count). The van der Waals surface area contributed by atoms with Crippen LogP contribution in [-0.2, 0) is 24.8 Å². The summed E-state index contributed by atoms with van der Waals surface area (Å²) in [6.07, 6.45) is 0.215. The van der Waals surface area contributed by atoms with Gasteiger partial charge < -0.3 is 19.6 Å². The Labute approximate surface area is 176 Å². The minimum Gasteiger partial charge on any atom is -0.451 e. The minimum atomic E-state index is -0.329. The van der Waals surface area contributed by atoms with Crippen LogP contribution in [0.5, 0.6) is 0 Å². The second kappa shape index (κ2) is 8.34. The Morgan fingerprint density at radius 2 is 1.93 bits per heavy atom. The summed E-state index contributed by atoms with van der Waals surface area (Å²) in [5, 5.41) is 13.2. The molecule has 2 aromatic carbocycles. The number of para-hydroxylation sites is 1. The smallest absolute Gasteiger partial charge is 0.291 e. The van der Waals surface area contributed by atoms with Crippen molar-refractivity contribution in [2.75, 3.05) is 5.32 Å². The zero-order valence-corrected chi connectivity index (χ0v) is 17.0. The number of nitrogens with zero attached hydrogens (tertiary/aromatic N) is 2. The second-order valence-electron chi connectivity index (χ2n) is 6.76. The third-order valence-electron chi connectivity index (χ3n) is 4.64. The Morgan fingerprint density at radius 3 is 2.63 bits per heavy atom. The first-order valence-electron chi connectivity index (χ1n) is 9.25. The molecule has 0 aliphatic carbocycles. The van der Waals surface area contributed by atoms with Crippen LogP contribution in [0.25, 0.3) is 11.0 Å². The number of aromatic amines is 1. The molecule has 0 saturated carbocycles. The predicted molar refractivity (Wildman–Crippen MR) is 115 cm³/mol. The lowest BCUT2D eigenvalue weighted by Gasteiger charge is -2.07. The highest BCUT2D eigenvalue weighted by Gasteiger charge is 2.12. The molecule has 2 heterocycles.